The molecule has 32 fully saturated rings. The molecule has 39 atom stereocenters. The Morgan fingerprint density at radius 2 is 0.793 bits per heavy atom. The summed E-state index contributed by atoms with van der Waals surface area (Å²) in [4.78, 5) is 107. The van der Waals surface area contributed by atoms with E-state index in [1.54, 1.807) is 33.1 Å². The van der Waals surface area contributed by atoms with Crippen LogP contribution < -0.4 is 4.74 Å². The molecule has 1 N–H and O–H groups in total. The maximum Gasteiger partial charge on any atom is 0.303 e. The first-order chi connectivity index (χ1) is 69.0. The van der Waals surface area contributed by atoms with E-state index in [9.17, 15) is 22.8 Å². The molecule has 0 amide bonds. The number of carbonyl (C=O) groups is 3. The van der Waals surface area contributed by atoms with Crippen LogP contribution in [0.1, 0.15) is 334 Å². The monoisotopic (exact) mass is 2060 g/mol. The number of carbonyl (C=O) groups excluding carboxylic acids is 2. The Balaban J connectivity index is 0.0000000996. The molecule has 22 heterocycles. The first kappa shape index (κ1) is 106. The zero-order valence-corrected chi connectivity index (χ0v) is 90.1. The third-order valence-electron chi connectivity index (χ3n) is 42.1. The van der Waals surface area contributed by atoms with Crippen LogP contribution in [0.5, 0.6) is 5.75 Å². The van der Waals surface area contributed by atoms with E-state index >= 15 is 0 Å². The first-order valence-corrected chi connectivity index (χ1v) is 58.5. The molecule has 22 aliphatic heterocycles. The number of ketones is 2. The maximum atomic E-state index is 11.9. The number of benzene rings is 1. The van der Waals surface area contributed by atoms with Crippen LogP contribution >= 0.6 is 0 Å². The summed E-state index contributed by atoms with van der Waals surface area (Å²) < 4.78 is 111. The quantitative estimate of drug-likeness (QED) is 0.115. The lowest BCUT2D eigenvalue weighted by molar-refractivity contribution is -0.577. The molecular weight excluding hydrogens is 1890 g/mol. The van der Waals surface area contributed by atoms with Gasteiger partial charge in [-0.15, -0.1) is 0 Å². The molecule has 10 saturated carbocycles. The van der Waals surface area contributed by atoms with Crippen molar-refractivity contribution in [3.8, 4) is 5.75 Å². The van der Waals surface area contributed by atoms with E-state index in [-0.39, 0.29) is 89.5 Å². The molecule has 0 radical (unpaired) electrons. The Hall–Kier alpha value is -3.26. The third kappa shape index (κ3) is 18.5. The minimum Gasteiger partial charge on any atom is -0.481 e. The van der Waals surface area contributed by atoms with E-state index in [1.807, 2.05) is 46.8 Å². The van der Waals surface area contributed by atoms with Crippen molar-refractivity contribution in [1.82, 2.24) is 4.90 Å². The fourth-order valence-corrected chi connectivity index (χ4v) is 35.5. The second-order valence-electron chi connectivity index (χ2n) is 51.4. The molecule has 4 unspecified atom stereocenters. The molecule has 34 heteroatoms. The van der Waals surface area contributed by atoms with E-state index in [0.717, 1.165) is 147 Å². The highest BCUT2D eigenvalue weighted by Crippen LogP contribution is 2.70. The van der Waals surface area contributed by atoms with Crippen LogP contribution in [0.3, 0.4) is 0 Å². The molecule has 145 heavy (non-hydrogen) atoms. The largest absolute Gasteiger partial charge is 0.481 e. The van der Waals surface area contributed by atoms with Crippen LogP contribution in [0.4, 0.5) is 0 Å². The number of fused-ring (bicyclic) bond motifs is 10. The normalized spacial score (nSPS) is 53.5. The Bertz CT molecular complexity index is 4850. The predicted octanol–water partition coefficient (Wildman–Crippen LogP) is 19.2. The Morgan fingerprint density at radius 1 is 0.414 bits per heavy atom. The van der Waals surface area contributed by atoms with E-state index < -0.39 is 116 Å². The molecule has 33 rings (SSSR count). The Morgan fingerprint density at radius 3 is 1.21 bits per heavy atom. The van der Waals surface area contributed by atoms with Gasteiger partial charge in [0.1, 0.15) is 17.8 Å². The smallest absolute Gasteiger partial charge is 0.303 e. The van der Waals surface area contributed by atoms with E-state index in [1.165, 1.54) is 57.8 Å². The van der Waals surface area contributed by atoms with Crippen LogP contribution in [0, 0.1) is 148 Å². The molecule has 33 nitrogen and oxygen atoms in total. The zero-order valence-electron chi connectivity index (χ0n) is 89.3. The van der Waals surface area contributed by atoms with Gasteiger partial charge in [-0.1, -0.05) is 69.2 Å². The van der Waals surface area contributed by atoms with Gasteiger partial charge >= 0.3 is 5.97 Å². The fourth-order valence-electron chi connectivity index (χ4n) is 34.2. The summed E-state index contributed by atoms with van der Waals surface area (Å²) in [5.41, 5.74) is -1.88. The fraction of sp³-hybridized carbons (Fsp3) is 0.919. The van der Waals surface area contributed by atoms with Gasteiger partial charge in [0.2, 0.25) is 46.8 Å². The lowest BCUT2D eigenvalue weighted by Crippen LogP contribution is -2.72. The number of carboxylic acid groups (broad SMARTS) is 1. The van der Waals surface area contributed by atoms with Gasteiger partial charge in [0.15, 0.2) is 87.7 Å². The highest BCUT2D eigenvalue weighted by Gasteiger charge is 2.77. The summed E-state index contributed by atoms with van der Waals surface area (Å²) >= 11 is 0. The standard InChI is InChI=1S/C23H30O6.C19H31NO6S.C19H30O7.C19H28O4.C16H26O5.C15H24O4/c1-13-5-10-19-14(2)20(25-17-8-6-16(7-9-17)15(3)24)26-21-23(19)18(13)11-12-22(4,27-21)28-29-23;1-12-4-5-15-13(2)16(20-8-10-27(21,22)11-9-20)23-17-19(15)14(12)6-7-18(3,24-17)25-26-19;1-11-6-7-14-12(2)16(22-10-4-5-15(20)21)23-17-19(14)13(11)8-9-18(3,24-17)25-26-19;1-12(20)6-13-2-4-18(5-3-13)21-19(23-22-18)16-8-14-7-15(10-16)11-17(19)9-14;1-9-5-6-12-10(2)13(17-4)18-14-16(12)11(9)7-8-15(3,19-14)20-21-16;1-9-4-5-11-10(2)8-16-13-15(11)12(9)6-7-14(3,17-13)18-19-15/h6-9,13-14,18-21H,5,10-12H2,1-4H3;12-17H,4-11H2,1-3H3;11-14,16-17H,4-10H2,1-3H3,(H,20,21);13-17H,2-11H2,1H3;9-14H,5-8H2,1-4H3;9-13H,4-8H2,1-3H3/t13-,14-,18+,19+,20?,21-,22-,23-;12-,13-,14+,15+,16+,17-,18?,19-;11-,12-,13+,14+,16+,17-,18?,19?;;9-,10-,11+,12+,13-,14-,15-,16-;9-,10+,11+,12+,13-,14-,15+/m111.11/s1. The molecule has 0 aromatic heterocycles. The average molecular weight is 2060 g/mol. The van der Waals surface area contributed by atoms with Crippen molar-refractivity contribution in [3.63, 3.8) is 0 Å². The number of ether oxygens (including phenoxy) is 14. The average Bonchev–Trinajstić information content (AvgIpc) is 1.63. The highest BCUT2D eigenvalue weighted by atomic mass is 32.2. The van der Waals surface area contributed by atoms with Crippen molar-refractivity contribution >= 4 is 27.4 Å². The van der Waals surface area contributed by atoms with Gasteiger partial charge < -0.3 is 76.2 Å². The molecule has 22 saturated heterocycles. The number of rotatable bonds is 12. The summed E-state index contributed by atoms with van der Waals surface area (Å²) in [6, 6.07) is 7.22. The number of methoxy groups -OCH3 is 1. The van der Waals surface area contributed by atoms with Crippen molar-refractivity contribution < 1.29 is 153 Å². The first-order valence-electron chi connectivity index (χ1n) is 56.7. The molecular formula is C111H169NO32S. The number of hydrogen-bond donors (Lipinski definition) is 1. The summed E-state index contributed by atoms with van der Waals surface area (Å²) in [7, 11) is -1.21. The number of carboxylic acids is 1. The number of hydrogen-bond acceptors (Lipinski definition) is 32. The Kier molecular flexibility index (Phi) is 29.1. The van der Waals surface area contributed by atoms with E-state index in [2.05, 4.69) is 74.1 Å². The van der Waals surface area contributed by atoms with E-state index in [0.29, 0.717) is 144 Å². The van der Waals surface area contributed by atoms with E-state index in [4.69, 9.17) is 130 Å². The van der Waals surface area contributed by atoms with Gasteiger partial charge in [-0.25, -0.2) is 57.3 Å². The summed E-state index contributed by atoms with van der Waals surface area (Å²) in [5.74, 6) is 7.03. The van der Waals surface area contributed by atoms with Crippen LogP contribution in [0.25, 0.3) is 0 Å². The number of sulfone groups is 1. The van der Waals surface area contributed by atoms with Crippen LogP contribution in [0.2, 0.25) is 0 Å². The van der Waals surface area contributed by atoms with Crippen molar-refractivity contribution in [1.29, 1.82) is 0 Å². The Labute approximate surface area is 857 Å². The molecule has 32 aliphatic rings. The highest BCUT2D eigenvalue weighted by molar-refractivity contribution is 7.91. The minimum absolute atomic E-state index is 0.0383. The molecule has 14 bridgehead atoms. The lowest BCUT2D eigenvalue weighted by atomic mass is 9.53. The number of Topliss-reactive ketones (excluding diaryl/α,β-unsaturated/α-hetero) is 2. The van der Waals surface area contributed by atoms with Gasteiger partial charge in [0, 0.05) is 149 Å². The topological polar surface area (TPSA) is 349 Å². The molecule has 1 aromatic rings. The lowest BCUT2D eigenvalue weighted by Gasteiger charge is -2.61. The van der Waals surface area contributed by atoms with Gasteiger partial charge in [-0.2, -0.15) is 9.78 Å². The van der Waals surface area contributed by atoms with Crippen LogP contribution in [0.15, 0.2) is 24.3 Å². The molecule has 10 aliphatic carbocycles. The second-order valence-corrected chi connectivity index (χ2v) is 53.7. The van der Waals surface area contributed by atoms with Crippen LogP contribution in [-0.4, -0.2) is 206 Å². The van der Waals surface area contributed by atoms with Crippen molar-refractivity contribution in [2.45, 2.75) is 448 Å². The molecule has 1 aromatic carbocycles. The summed E-state index contributed by atoms with van der Waals surface area (Å²) in [5, 5.41) is 8.79. The van der Waals surface area contributed by atoms with Crippen molar-refractivity contribution in [2.24, 2.45) is 148 Å². The van der Waals surface area contributed by atoms with Crippen molar-refractivity contribution in [2.75, 3.05) is 44.9 Å². The van der Waals surface area contributed by atoms with Crippen LogP contribution in [-0.2, 0) is 140 Å². The van der Waals surface area contributed by atoms with Crippen molar-refractivity contribution in [3.05, 3.63) is 29.8 Å². The van der Waals surface area contributed by atoms with Gasteiger partial charge in [-0.05, 0) is 303 Å². The summed E-state index contributed by atoms with van der Waals surface area (Å²) in [6.45, 7) is 37.7. The number of aliphatic carboxylic acids is 1. The SMILES string of the molecule is CC(=O)CC1CCC2(CC1)OOC1(O2)C2CC3CC(C2)CC1C3.CC(=O)c1ccc(OC2O[C@@H]3O[C@@]4(C)CC[C@H]5[C@H](C)CC[C@@H]([C@H]2C)[C@@]35OO4)cc1.CO[C@@H]1O[C@@H]2O[C@@]3(C)CC[C@H]4[C@H](C)CC[C@@H]([C@H]1C)[C@@]24OO3.C[C@@H]1CC[C@H]2[C@@H](C)CO[C@@H]3O[C@@]4(C)CC[C@@H]1[C@]32OO4.C[C@H]1[C@@H](N2CCS(=O)(=O)CC2)O[C@@H]2OC3(C)CC[C@H]4[C@H](C)CC[C@@H]1[C@@]24OO3.C[C@H]1[C@@H](OCCCC(=O)O)O[C@@H]2OC3(C)CC[C@H]4[C@H](C)CC[C@@H]1C24OO3. The minimum atomic E-state index is -2.92. The second kappa shape index (κ2) is 39.8. The predicted molar refractivity (Wildman–Crippen MR) is 515 cm³/mol. The van der Waals surface area contributed by atoms with Gasteiger partial charge in [0.25, 0.3) is 0 Å². The molecule has 816 valence electrons. The maximum absolute atomic E-state index is 11.9. The third-order valence-corrected chi connectivity index (χ3v) is 43.7. The van der Waals surface area contributed by atoms with Gasteiger partial charge in [0.05, 0.1) is 24.7 Å². The van der Waals surface area contributed by atoms with Gasteiger partial charge in [-0.3, -0.25) is 14.5 Å². The number of nitrogens with zero attached hydrogens (tertiary/aromatic N) is 1. The zero-order chi connectivity index (χ0) is 102. The summed E-state index contributed by atoms with van der Waals surface area (Å²) in [6.07, 6.45) is 29.0. The molecule has 7 spiro atoms.